The number of imide groups is 1. The third-order valence-corrected chi connectivity index (χ3v) is 3.93. The van der Waals surface area contributed by atoms with Crippen LogP contribution in [-0.2, 0) is 0 Å². The molecule has 0 atom stereocenters. The van der Waals surface area contributed by atoms with Gasteiger partial charge in [0.1, 0.15) is 0 Å². The summed E-state index contributed by atoms with van der Waals surface area (Å²) in [6.07, 6.45) is 3.38. The van der Waals surface area contributed by atoms with Crippen molar-refractivity contribution in [2.75, 3.05) is 4.90 Å². The Kier molecular flexibility index (Phi) is 3.01. The summed E-state index contributed by atoms with van der Waals surface area (Å²) >= 11 is 0. The third kappa shape index (κ3) is 2.04. The lowest BCUT2D eigenvalue weighted by atomic mass is 10.0. The molecule has 110 valence electrons. The van der Waals surface area contributed by atoms with Crippen molar-refractivity contribution in [1.82, 2.24) is 4.98 Å². The van der Waals surface area contributed by atoms with Crippen LogP contribution in [0.25, 0.3) is 11.1 Å². The minimum Gasteiger partial charge on any atom is -0.268 e. The molecule has 3 aromatic rings. The molecule has 0 spiro atoms. The first kappa shape index (κ1) is 13.4. The van der Waals surface area contributed by atoms with Crippen LogP contribution in [0.1, 0.15) is 20.7 Å². The summed E-state index contributed by atoms with van der Waals surface area (Å²) in [7, 11) is 0. The van der Waals surface area contributed by atoms with Crippen molar-refractivity contribution in [3.63, 3.8) is 0 Å². The molecule has 2 heterocycles. The van der Waals surface area contributed by atoms with Gasteiger partial charge in [0.05, 0.1) is 16.8 Å². The van der Waals surface area contributed by atoms with Crippen LogP contribution in [0.5, 0.6) is 0 Å². The predicted octanol–water partition coefficient (Wildman–Crippen LogP) is 3.55. The molecular formula is C19H12N2O2. The SMILES string of the molecule is O=C1c2ccccc2C(=O)N1c1ccccc1-c1ccncc1. The molecule has 1 aliphatic rings. The van der Waals surface area contributed by atoms with Crippen molar-refractivity contribution in [3.8, 4) is 11.1 Å². The van der Waals surface area contributed by atoms with E-state index >= 15 is 0 Å². The zero-order valence-electron chi connectivity index (χ0n) is 12.1. The number of aromatic nitrogens is 1. The molecule has 1 aromatic heterocycles. The molecule has 0 aliphatic carbocycles. The highest BCUT2D eigenvalue weighted by molar-refractivity contribution is 6.35. The Morgan fingerprint density at radius 1 is 0.652 bits per heavy atom. The second-order valence-corrected chi connectivity index (χ2v) is 5.24. The van der Waals surface area contributed by atoms with Gasteiger partial charge in [-0.15, -0.1) is 0 Å². The Balaban J connectivity index is 1.88. The maximum absolute atomic E-state index is 12.7. The molecule has 0 bridgehead atoms. The molecule has 0 fully saturated rings. The molecule has 0 radical (unpaired) electrons. The van der Waals surface area contributed by atoms with Crippen LogP contribution in [-0.4, -0.2) is 16.8 Å². The summed E-state index contributed by atoms with van der Waals surface area (Å²) < 4.78 is 0. The first-order valence-corrected chi connectivity index (χ1v) is 7.24. The lowest BCUT2D eigenvalue weighted by Crippen LogP contribution is -2.29. The van der Waals surface area contributed by atoms with Crippen LogP contribution < -0.4 is 4.90 Å². The first-order chi connectivity index (χ1) is 11.3. The van der Waals surface area contributed by atoms with E-state index in [1.807, 2.05) is 30.3 Å². The van der Waals surface area contributed by atoms with E-state index in [-0.39, 0.29) is 11.8 Å². The average molecular weight is 300 g/mol. The van der Waals surface area contributed by atoms with Crippen LogP contribution in [0, 0.1) is 0 Å². The highest BCUT2D eigenvalue weighted by Crippen LogP contribution is 2.35. The fraction of sp³-hybridized carbons (Fsp3) is 0. The minimum atomic E-state index is -0.285. The van der Waals surface area contributed by atoms with Crippen LogP contribution >= 0.6 is 0 Å². The van der Waals surface area contributed by atoms with Crippen molar-refractivity contribution in [2.24, 2.45) is 0 Å². The lowest BCUT2D eigenvalue weighted by molar-refractivity contribution is 0.0926. The van der Waals surface area contributed by atoms with Gasteiger partial charge in [0.2, 0.25) is 0 Å². The van der Waals surface area contributed by atoms with Crippen LogP contribution in [0.3, 0.4) is 0 Å². The summed E-state index contributed by atoms with van der Waals surface area (Å²) in [5.41, 5.74) is 3.21. The molecule has 0 unspecified atom stereocenters. The molecule has 2 amide bonds. The largest absolute Gasteiger partial charge is 0.268 e. The molecule has 4 heteroatoms. The molecule has 2 aromatic carbocycles. The number of anilines is 1. The molecule has 4 nitrogen and oxygen atoms in total. The number of hydrogen-bond acceptors (Lipinski definition) is 3. The topological polar surface area (TPSA) is 50.3 Å². The van der Waals surface area contributed by atoms with E-state index in [1.165, 1.54) is 4.90 Å². The van der Waals surface area contributed by atoms with Gasteiger partial charge in [-0.3, -0.25) is 14.6 Å². The lowest BCUT2D eigenvalue weighted by Gasteiger charge is -2.18. The van der Waals surface area contributed by atoms with Crippen molar-refractivity contribution in [3.05, 3.63) is 84.2 Å². The Morgan fingerprint density at radius 3 is 1.78 bits per heavy atom. The fourth-order valence-electron chi connectivity index (χ4n) is 2.85. The number of carbonyl (C=O) groups is 2. The number of amides is 2. The van der Waals surface area contributed by atoms with Gasteiger partial charge in [-0.2, -0.15) is 0 Å². The quantitative estimate of drug-likeness (QED) is 0.680. The van der Waals surface area contributed by atoms with Gasteiger partial charge in [-0.05, 0) is 35.9 Å². The third-order valence-electron chi connectivity index (χ3n) is 3.93. The summed E-state index contributed by atoms with van der Waals surface area (Å²) in [5, 5.41) is 0. The normalized spacial score (nSPS) is 13.3. The number of pyridine rings is 1. The first-order valence-electron chi connectivity index (χ1n) is 7.24. The number of benzene rings is 2. The Labute approximate surface area is 133 Å². The second-order valence-electron chi connectivity index (χ2n) is 5.24. The predicted molar refractivity (Wildman–Crippen MR) is 87.3 cm³/mol. The van der Waals surface area contributed by atoms with E-state index in [0.29, 0.717) is 16.8 Å². The van der Waals surface area contributed by atoms with Gasteiger partial charge in [-0.25, -0.2) is 4.90 Å². The van der Waals surface area contributed by atoms with E-state index in [2.05, 4.69) is 4.98 Å². The van der Waals surface area contributed by atoms with E-state index in [0.717, 1.165) is 11.1 Å². The summed E-state index contributed by atoms with van der Waals surface area (Å²) in [6, 6.07) is 18.0. The average Bonchev–Trinajstić information content (AvgIpc) is 2.87. The smallest absolute Gasteiger partial charge is 0.266 e. The maximum Gasteiger partial charge on any atom is 0.266 e. The highest BCUT2D eigenvalue weighted by atomic mass is 16.2. The van der Waals surface area contributed by atoms with Gasteiger partial charge < -0.3 is 0 Å². The number of nitrogens with zero attached hydrogens (tertiary/aromatic N) is 2. The summed E-state index contributed by atoms with van der Waals surface area (Å²) in [5.74, 6) is -0.570. The number of rotatable bonds is 2. The van der Waals surface area contributed by atoms with Gasteiger partial charge >= 0.3 is 0 Å². The van der Waals surface area contributed by atoms with Crippen LogP contribution in [0.15, 0.2) is 73.1 Å². The fourth-order valence-corrected chi connectivity index (χ4v) is 2.85. The van der Waals surface area contributed by atoms with E-state index in [1.54, 1.807) is 42.7 Å². The Hall–Kier alpha value is -3.27. The summed E-state index contributed by atoms with van der Waals surface area (Å²) in [4.78, 5) is 30.6. The molecule has 0 saturated heterocycles. The molecule has 0 N–H and O–H groups in total. The second kappa shape index (κ2) is 5.18. The molecule has 1 aliphatic heterocycles. The maximum atomic E-state index is 12.7. The monoisotopic (exact) mass is 300 g/mol. The van der Waals surface area contributed by atoms with E-state index < -0.39 is 0 Å². The number of fused-ring (bicyclic) bond motifs is 1. The van der Waals surface area contributed by atoms with Gasteiger partial charge in [-0.1, -0.05) is 30.3 Å². The van der Waals surface area contributed by atoms with E-state index in [9.17, 15) is 9.59 Å². The van der Waals surface area contributed by atoms with Crippen molar-refractivity contribution in [2.45, 2.75) is 0 Å². The van der Waals surface area contributed by atoms with Gasteiger partial charge in [0.25, 0.3) is 11.8 Å². The standard InChI is InChI=1S/C19H12N2O2/c22-18-15-6-1-2-7-16(15)19(23)21(18)17-8-4-3-5-14(17)13-9-11-20-12-10-13/h1-12H. The number of carbonyl (C=O) groups excluding carboxylic acids is 2. The van der Waals surface area contributed by atoms with Crippen molar-refractivity contribution < 1.29 is 9.59 Å². The summed E-state index contributed by atoms with van der Waals surface area (Å²) in [6.45, 7) is 0. The molecule has 4 rings (SSSR count). The minimum absolute atomic E-state index is 0.285. The van der Waals surface area contributed by atoms with Gasteiger partial charge in [0, 0.05) is 18.0 Å². The number of para-hydroxylation sites is 1. The van der Waals surface area contributed by atoms with E-state index in [4.69, 9.17) is 0 Å². The van der Waals surface area contributed by atoms with Gasteiger partial charge in [0.15, 0.2) is 0 Å². The molecule has 0 saturated carbocycles. The zero-order valence-corrected chi connectivity index (χ0v) is 12.1. The van der Waals surface area contributed by atoms with Crippen LogP contribution in [0.4, 0.5) is 5.69 Å². The van der Waals surface area contributed by atoms with Crippen LogP contribution in [0.2, 0.25) is 0 Å². The Morgan fingerprint density at radius 2 is 1.17 bits per heavy atom. The zero-order chi connectivity index (χ0) is 15.8. The Bertz CT molecular complexity index is 884. The highest BCUT2D eigenvalue weighted by Gasteiger charge is 2.37. The number of hydrogen-bond donors (Lipinski definition) is 0. The molecular weight excluding hydrogens is 288 g/mol. The van der Waals surface area contributed by atoms with Crippen molar-refractivity contribution >= 4 is 17.5 Å². The molecule has 23 heavy (non-hydrogen) atoms. The van der Waals surface area contributed by atoms with Crippen molar-refractivity contribution in [1.29, 1.82) is 0 Å².